The van der Waals surface area contributed by atoms with Gasteiger partial charge >= 0.3 is 0 Å². The third kappa shape index (κ3) is 2.46. The van der Waals surface area contributed by atoms with Crippen LogP contribution in [0, 0.1) is 0 Å². The number of pyridine rings is 1. The van der Waals surface area contributed by atoms with Crippen LogP contribution < -0.4 is 0 Å². The van der Waals surface area contributed by atoms with Gasteiger partial charge in [-0.05, 0) is 55.2 Å². The normalized spacial score (nSPS) is 22.6. The molecule has 0 aromatic carbocycles. The number of nitrogens with zero attached hydrogens (tertiary/aromatic N) is 2. The zero-order chi connectivity index (χ0) is 11.5. The van der Waals surface area contributed by atoms with Gasteiger partial charge in [-0.2, -0.15) is 0 Å². The van der Waals surface area contributed by atoms with Gasteiger partial charge in [-0.1, -0.05) is 12.5 Å². The summed E-state index contributed by atoms with van der Waals surface area (Å²) in [6.07, 6.45) is 5.75. The molecule has 0 N–H and O–H groups in total. The summed E-state index contributed by atoms with van der Waals surface area (Å²) in [5, 5.41) is 0. The number of hydrogen-bond donors (Lipinski definition) is 0. The highest BCUT2D eigenvalue weighted by molar-refractivity contribution is 9.10. The van der Waals surface area contributed by atoms with Crippen LogP contribution in [0.15, 0.2) is 22.9 Å². The molecular formula is C13H19BrN2. The molecule has 1 aliphatic heterocycles. The fraction of sp³-hybridized carbons (Fsp3) is 0.615. The maximum absolute atomic E-state index is 4.34. The smallest absolute Gasteiger partial charge is 0.110 e. The lowest BCUT2D eigenvalue weighted by atomic mass is 9.95. The quantitative estimate of drug-likeness (QED) is 0.768. The van der Waals surface area contributed by atoms with Gasteiger partial charge in [-0.15, -0.1) is 0 Å². The number of likely N-dealkylation sites (tertiary alicyclic amines) is 1. The average Bonchev–Trinajstić information content (AvgIpc) is 2.29. The molecule has 16 heavy (non-hydrogen) atoms. The van der Waals surface area contributed by atoms with E-state index in [1.54, 1.807) is 0 Å². The Morgan fingerprint density at radius 3 is 2.94 bits per heavy atom. The van der Waals surface area contributed by atoms with E-state index in [4.69, 9.17) is 0 Å². The van der Waals surface area contributed by atoms with E-state index in [-0.39, 0.29) is 0 Å². The van der Waals surface area contributed by atoms with E-state index in [1.807, 2.05) is 12.3 Å². The van der Waals surface area contributed by atoms with Crippen molar-refractivity contribution in [3.8, 4) is 0 Å². The molecule has 0 saturated carbocycles. The molecule has 0 radical (unpaired) electrons. The van der Waals surface area contributed by atoms with Gasteiger partial charge in [-0.3, -0.25) is 4.90 Å². The molecule has 1 unspecified atom stereocenters. The largest absolute Gasteiger partial charge is 0.294 e. The van der Waals surface area contributed by atoms with Crippen LogP contribution in [0.25, 0.3) is 0 Å². The molecule has 0 bridgehead atoms. The summed E-state index contributed by atoms with van der Waals surface area (Å²) in [6.45, 7) is 5.77. The van der Waals surface area contributed by atoms with Gasteiger partial charge in [0, 0.05) is 23.8 Å². The fourth-order valence-corrected chi connectivity index (χ4v) is 3.07. The van der Waals surface area contributed by atoms with Gasteiger partial charge in [0.1, 0.15) is 4.60 Å². The second kappa shape index (κ2) is 5.28. The fourth-order valence-electron chi connectivity index (χ4n) is 2.55. The van der Waals surface area contributed by atoms with Crippen molar-refractivity contribution in [2.45, 2.75) is 45.2 Å². The standard InChI is InChI=1S/C13H19BrN2/c1-10(2)16-9-4-3-7-12(16)11-6-5-8-15-13(11)14/h5-6,8,10,12H,3-4,7,9H2,1-2H3. The van der Waals surface area contributed by atoms with E-state index in [9.17, 15) is 0 Å². The van der Waals surface area contributed by atoms with E-state index < -0.39 is 0 Å². The van der Waals surface area contributed by atoms with E-state index in [2.05, 4.69) is 45.7 Å². The first kappa shape index (κ1) is 12.1. The summed E-state index contributed by atoms with van der Waals surface area (Å²) < 4.78 is 1.01. The minimum absolute atomic E-state index is 0.539. The summed E-state index contributed by atoms with van der Waals surface area (Å²) in [5.74, 6) is 0. The van der Waals surface area contributed by atoms with Crippen LogP contribution >= 0.6 is 15.9 Å². The third-order valence-corrected chi connectivity index (χ3v) is 4.02. The van der Waals surface area contributed by atoms with Crippen molar-refractivity contribution in [1.29, 1.82) is 0 Å². The Morgan fingerprint density at radius 2 is 2.25 bits per heavy atom. The first-order valence-corrected chi connectivity index (χ1v) is 6.85. The Labute approximate surface area is 106 Å². The number of piperidine rings is 1. The number of rotatable bonds is 2. The third-order valence-electron chi connectivity index (χ3n) is 3.35. The predicted molar refractivity (Wildman–Crippen MR) is 70.4 cm³/mol. The molecule has 1 aliphatic rings. The van der Waals surface area contributed by atoms with Crippen molar-refractivity contribution >= 4 is 15.9 Å². The maximum Gasteiger partial charge on any atom is 0.110 e. The molecule has 0 spiro atoms. The van der Waals surface area contributed by atoms with Gasteiger partial charge in [0.2, 0.25) is 0 Å². The van der Waals surface area contributed by atoms with Gasteiger partial charge in [-0.25, -0.2) is 4.98 Å². The Morgan fingerprint density at radius 1 is 1.44 bits per heavy atom. The topological polar surface area (TPSA) is 16.1 Å². The van der Waals surface area contributed by atoms with Crippen molar-refractivity contribution < 1.29 is 0 Å². The Balaban J connectivity index is 2.27. The van der Waals surface area contributed by atoms with Crippen molar-refractivity contribution in [2.75, 3.05) is 6.54 Å². The minimum Gasteiger partial charge on any atom is -0.294 e. The second-order valence-electron chi connectivity index (χ2n) is 4.73. The molecule has 2 heterocycles. The predicted octanol–water partition coefficient (Wildman–Crippen LogP) is 3.78. The lowest BCUT2D eigenvalue weighted by Crippen LogP contribution is -2.38. The molecule has 0 amide bonds. The second-order valence-corrected chi connectivity index (χ2v) is 5.48. The molecule has 1 atom stereocenters. The molecule has 0 aliphatic carbocycles. The van der Waals surface area contributed by atoms with Crippen LogP contribution in [-0.4, -0.2) is 22.5 Å². The van der Waals surface area contributed by atoms with Crippen LogP contribution in [0.2, 0.25) is 0 Å². The molecule has 1 aromatic rings. The van der Waals surface area contributed by atoms with Crippen molar-refractivity contribution in [1.82, 2.24) is 9.88 Å². The van der Waals surface area contributed by atoms with Gasteiger partial charge in [0.15, 0.2) is 0 Å². The summed E-state index contributed by atoms with van der Waals surface area (Å²) in [7, 11) is 0. The number of halogens is 1. The highest BCUT2D eigenvalue weighted by Gasteiger charge is 2.27. The van der Waals surface area contributed by atoms with Gasteiger partial charge < -0.3 is 0 Å². The maximum atomic E-state index is 4.34. The molecule has 88 valence electrons. The molecule has 1 fully saturated rings. The molecular weight excluding hydrogens is 264 g/mol. The van der Waals surface area contributed by atoms with E-state index in [0.717, 1.165) is 4.60 Å². The highest BCUT2D eigenvalue weighted by Crippen LogP contribution is 2.35. The number of hydrogen-bond acceptors (Lipinski definition) is 2. The molecule has 1 saturated heterocycles. The zero-order valence-corrected chi connectivity index (χ0v) is 11.6. The van der Waals surface area contributed by atoms with Crippen LogP contribution in [0.4, 0.5) is 0 Å². The average molecular weight is 283 g/mol. The summed E-state index contributed by atoms with van der Waals surface area (Å²) in [5.41, 5.74) is 1.34. The molecule has 2 nitrogen and oxygen atoms in total. The zero-order valence-electron chi connectivity index (χ0n) is 9.99. The van der Waals surface area contributed by atoms with E-state index in [0.29, 0.717) is 12.1 Å². The number of aromatic nitrogens is 1. The van der Waals surface area contributed by atoms with Crippen LogP contribution in [0.3, 0.4) is 0 Å². The first-order valence-electron chi connectivity index (χ1n) is 6.06. The Kier molecular flexibility index (Phi) is 3.98. The van der Waals surface area contributed by atoms with Crippen LogP contribution in [0.1, 0.15) is 44.7 Å². The van der Waals surface area contributed by atoms with E-state index in [1.165, 1.54) is 31.4 Å². The van der Waals surface area contributed by atoms with E-state index >= 15 is 0 Å². The SMILES string of the molecule is CC(C)N1CCCCC1c1cccnc1Br. The van der Waals surface area contributed by atoms with Crippen molar-refractivity contribution in [3.63, 3.8) is 0 Å². The van der Waals surface area contributed by atoms with Crippen molar-refractivity contribution in [3.05, 3.63) is 28.5 Å². The summed E-state index contributed by atoms with van der Waals surface area (Å²) >= 11 is 3.57. The van der Waals surface area contributed by atoms with Gasteiger partial charge in [0.05, 0.1) is 0 Å². The Hall–Kier alpha value is -0.410. The van der Waals surface area contributed by atoms with Crippen molar-refractivity contribution in [2.24, 2.45) is 0 Å². The molecule has 3 heteroatoms. The minimum atomic E-state index is 0.539. The summed E-state index contributed by atoms with van der Waals surface area (Å²) in [4.78, 5) is 6.93. The molecule has 1 aromatic heterocycles. The highest BCUT2D eigenvalue weighted by atomic mass is 79.9. The molecule has 2 rings (SSSR count). The lowest BCUT2D eigenvalue weighted by molar-refractivity contribution is 0.111. The van der Waals surface area contributed by atoms with Gasteiger partial charge in [0.25, 0.3) is 0 Å². The Bertz CT molecular complexity index is 352. The lowest BCUT2D eigenvalue weighted by Gasteiger charge is -2.39. The van der Waals surface area contributed by atoms with Crippen LogP contribution in [-0.2, 0) is 0 Å². The monoisotopic (exact) mass is 282 g/mol. The summed E-state index contributed by atoms with van der Waals surface area (Å²) in [6, 6.07) is 5.38. The van der Waals surface area contributed by atoms with Crippen LogP contribution in [0.5, 0.6) is 0 Å². The first-order chi connectivity index (χ1) is 7.70.